The van der Waals surface area contributed by atoms with Gasteiger partial charge < -0.3 is 9.72 Å². The lowest BCUT2D eigenvalue weighted by Crippen LogP contribution is -2.66. The van der Waals surface area contributed by atoms with Crippen LogP contribution in [0.4, 0.5) is 4.39 Å². The highest BCUT2D eigenvalue weighted by Gasteiger charge is 2.55. The number of ether oxygens (including phenoxy) is 1. The zero-order valence-corrected chi connectivity index (χ0v) is 16.0. The molecule has 4 aliphatic heterocycles. The number of piperidine rings is 1. The first kappa shape index (κ1) is 16.6. The van der Waals surface area contributed by atoms with Crippen LogP contribution in [-0.2, 0) is 12.0 Å². The fourth-order valence-corrected chi connectivity index (χ4v) is 5.88. The molecule has 0 saturated carbocycles. The molecule has 4 nitrogen and oxygen atoms in total. The quantitative estimate of drug-likeness (QED) is 0.727. The van der Waals surface area contributed by atoms with Gasteiger partial charge in [0.15, 0.2) is 0 Å². The first-order chi connectivity index (χ1) is 13.7. The standard InChI is InChI=1S/C23H24FN3O/c1-28-15-6-7-20-18(14-15)16-8-11-27-22(17-4-2-3-5-19(17)24)26-12-9-23(27,10-13-26)21(16)25-20/h2-7,14,22,25H,8-13H2,1H3. The van der Waals surface area contributed by atoms with E-state index in [9.17, 15) is 4.39 Å². The zero-order valence-electron chi connectivity index (χ0n) is 16.0. The maximum Gasteiger partial charge on any atom is 0.129 e. The summed E-state index contributed by atoms with van der Waals surface area (Å²) in [5.74, 6) is 0.805. The van der Waals surface area contributed by atoms with Crippen LogP contribution in [-0.4, -0.2) is 41.5 Å². The molecule has 5 heterocycles. The predicted octanol–water partition coefficient (Wildman–Crippen LogP) is 4.18. The Morgan fingerprint density at radius 1 is 1.11 bits per heavy atom. The molecule has 1 unspecified atom stereocenters. The Bertz CT molecular complexity index is 1070. The van der Waals surface area contributed by atoms with Gasteiger partial charge in [-0.25, -0.2) is 4.39 Å². The van der Waals surface area contributed by atoms with Crippen molar-refractivity contribution in [3.8, 4) is 5.75 Å². The van der Waals surface area contributed by atoms with Gasteiger partial charge >= 0.3 is 0 Å². The minimum atomic E-state index is -0.0950. The lowest BCUT2D eigenvalue weighted by molar-refractivity contribution is -0.150. The topological polar surface area (TPSA) is 31.5 Å². The van der Waals surface area contributed by atoms with Gasteiger partial charge in [0.05, 0.1) is 18.8 Å². The number of H-pyrrole nitrogens is 1. The molecule has 2 aromatic carbocycles. The molecule has 1 atom stereocenters. The minimum absolute atomic E-state index is 0.0257. The Balaban J connectivity index is 1.52. The van der Waals surface area contributed by atoms with Crippen LogP contribution >= 0.6 is 0 Å². The summed E-state index contributed by atoms with van der Waals surface area (Å²) in [6.45, 7) is 2.97. The van der Waals surface area contributed by atoms with E-state index in [1.54, 1.807) is 19.2 Å². The smallest absolute Gasteiger partial charge is 0.129 e. The summed E-state index contributed by atoms with van der Waals surface area (Å²) in [5, 5.41) is 1.28. The molecule has 0 aliphatic carbocycles. The number of aromatic nitrogens is 1. The highest BCUT2D eigenvalue weighted by molar-refractivity contribution is 5.87. The number of methoxy groups -OCH3 is 1. The fraction of sp³-hybridized carbons (Fsp3) is 0.391. The predicted molar refractivity (Wildman–Crippen MR) is 107 cm³/mol. The van der Waals surface area contributed by atoms with Crippen LogP contribution in [0, 0.1) is 5.82 Å². The molecule has 0 radical (unpaired) electrons. The van der Waals surface area contributed by atoms with Crippen LogP contribution in [0.2, 0.25) is 0 Å². The van der Waals surface area contributed by atoms with E-state index >= 15 is 0 Å². The highest BCUT2D eigenvalue weighted by Crippen LogP contribution is 2.54. The number of aromatic amines is 1. The molecule has 7 rings (SSSR count). The summed E-state index contributed by atoms with van der Waals surface area (Å²) in [6, 6.07) is 13.6. The fourth-order valence-electron chi connectivity index (χ4n) is 5.88. The van der Waals surface area contributed by atoms with Gasteiger partial charge in [0, 0.05) is 41.8 Å². The molecular formula is C23H24FN3O. The molecule has 3 fully saturated rings. The van der Waals surface area contributed by atoms with Crippen LogP contribution in [0.3, 0.4) is 0 Å². The van der Waals surface area contributed by atoms with E-state index in [1.165, 1.54) is 22.2 Å². The number of hydrogen-bond acceptors (Lipinski definition) is 3. The molecule has 3 aromatic rings. The third-order valence-corrected chi connectivity index (χ3v) is 7.18. The maximum atomic E-state index is 14.7. The summed E-state index contributed by atoms with van der Waals surface area (Å²) in [4.78, 5) is 8.78. The van der Waals surface area contributed by atoms with E-state index in [1.807, 2.05) is 18.2 Å². The van der Waals surface area contributed by atoms with Gasteiger partial charge in [-0.1, -0.05) is 18.2 Å². The molecule has 5 heteroatoms. The van der Waals surface area contributed by atoms with Gasteiger partial charge in [-0.3, -0.25) is 9.80 Å². The molecule has 144 valence electrons. The number of hydrogen-bond donors (Lipinski definition) is 1. The van der Waals surface area contributed by atoms with E-state index in [0.29, 0.717) is 0 Å². The third kappa shape index (κ3) is 2.06. The molecule has 1 N–H and O–H groups in total. The molecule has 1 spiro atoms. The van der Waals surface area contributed by atoms with Crippen molar-refractivity contribution >= 4 is 10.9 Å². The molecule has 3 saturated heterocycles. The van der Waals surface area contributed by atoms with Gasteiger partial charge in [-0.2, -0.15) is 0 Å². The largest absolute Gasteiger partial charge is 0.497 e. The summed E-state index contributed by atoms with van der Waals surface area (Å²) in [7, 11) is 1.72. The third-order valence-electron chi connectivity index (χ3n) is 7.18. The van der Waals surface area contributed by atoms with E-state index in [2.05, 4.69) is 26.9 Å². The second-order valence-electron chi connectivity index (χ2n) is 8.30. The van der Waals surface area contributed by atoms with E-state index < -0.39 is 0 Å². The van der Waals surface area contributed by atoms with Crippen LogP contribution < -0.4 is 4.74 Å². The average molecular weight is 377 g/mol. The van der Waals surface area contributed by atoms with Crippen molar-refractivity contribution < 1.29 is 9.13 Å². The summed E-state index contributed by atoms with van der Waals surface area (Å²) < 4.78 is 20.2. The number of nitrogens with one attached hydrogen (secondary N) is 1. The number of benzene rings is 2. The normalized spacial score (nSPS) is 28.9. The second-order valence-corrected chi connectivity index (χ2v) is 8.30. The monoisotopic (exact) mass is 377 g/mol. The Kier molecular flexibility index (Phi) is 3.44. The molecule has 1 aromatic heterocycles. The molecule has 0 amide bonds. The van der Waals surface area contributed by atoms with Crippen molar-refractivity contribution in [3.63, 3.8) is 0 Å². The van der Waals surface area contributed by atoms with Crippen molar-refractivity contribution in [1.82, 2.24) is 14.8 Å². The molecule has 28 heavy (non-hydrogen) atoms. The average Bonchev–Trinajstić information content (AvgIpc) is 3.13. The number of nitrogens with zero attached hydrogens (tertiary/aromatic N) is 2. The van der Waals surface area contributed by atoms with Crippen molar-refractivity contribution in [1.29, 1.82) is 0 Å². The number of rotatable bonds is 2. The summed E-state index contributed by atoms with van der Waals surface area (Å²) in [6.07, 6.45) is 3.19. The van der Waals surface area contributed by atoms with Gasteiger partial charge in [0.25, 0.3) is 0 Å². The van der Waals surface area contributed by atoms with Crippen LogP contribution in [0.15, 0.2) is 42.5 Å². The first-order valence-electron chi connectivity index (χ1n) is 10.2. The lowest BCUT2D eigenvalue weighted by atomic mass is 9.73. The Morgan fingerprint density at radius 2 is 1.93 bits per heavy atom. The van der Waals surface area contributed by atoms with Gasteiger partial charge in [-0.05, 0) is 49.1 Å². The van der Waals surface area contributed by atoms with E-state index in [-0.39, 0.29) is 17.5 Å². The lowest BCUT2D eigenvalue weighted by Gasteiger charge is -2.62. The van der Waals surface area contributed by atoms with E-state index in [0.717, 1.165) is 50.2 Å². The second kappa shape index (κ2) is 5.82. The van der Waals surface area contributed by atoms with Crippen molar-refractivity contribution in [3.05, 3.63) is 65.1 Å². The SMILES string of the molecule is COc1ccc2[nH]c3c(c2c1)CCN1C(c2ccccc2F)N2CCC31CC2. The molecule has 4 aliphatic rings. The van der Waals surface area contributed by atoms with Crippen molar-refractivity contribution in [2.24, 2.45) is 0 Å². The van der Waals surface area contributed by atoms with Crippen LogP contribution in [0.5, 0.6) is 5.75 Å². The van der Waals surface area contributed by atoms with Crippen LogP contribution in [0.25, 0.3) is 10.9 Å². The minimum Gasteiger partial charge on any atom is -0.497 e. The number of halogens is 1. The van der Waals surface area contributed by atoms with Gasteiger partial charge in [0.1, 0.15) is 11.6 Å². The van der Waals surface area contributed by atoms with E-state index in [4.69, 9.17) is 4.74 Å². The van der Waals surface area contributed by atoms with Gasteiger partial charge in [0.2, 0.25) is 0 Å². The van der Waals surface area contributed by atoms with Crippen molar-refractivity contribution in [2.75, 3.05) is 26.7 Å². The Hall–Kier alpha value is -2.37. The highest BCUT2D eigenvalue weighted by atomic mass is 19.1. The first-order valence-corrected chi connectivity index (χ1v) is 10.2. The summed E-state index contributed by atoms with van der Waals surface area (Å²) >= 11 is 0. The Morgan fingerprint density at radius 3 is 2.71 bits per heavy atom. The van der Waals surface area contributed by atoms with Crippen molar-refractivity contribution in [2.45, 2.75) is 31.0 Å². The van der Waals surface area contributed by atoms with Gasteiger partial charge in [-0.15, -0.1) is 0 Å². The molecule has 2 bridgehead atoms. The number of fused-ring (bicyclic) bond motifs is 5. The summed E-state index contributed by atoms with van der Waals surface area (Å²) in [5.41, 5.74) is 4.74. The Labute approximate surface area is 163 Å². The zero-order chi connectivity index (χ0) is 18.9. The maximum absolute atomic E-state index is 14.7. The molecular weight excluding hydrogens is 353 g/mol. The van der Waals surface area contributed by atoms with Crippen LogP contribution in [0.1, 0.15) is 35.8 Å².